The first-order valence-corrected chi connectivity index (χ1v) is 7.30. The highest BCUT2D eigenvalue weighted by Gasteiger charge is 2.20. The lowest BCUT2D eigenvalue weighted by atomic mass is 10.1. The zero-order valence-corrected chi connectivity index (χ0v) is 13.8. The number of nitrogens with zero attached hydrogens (tertiary/aromatic N) is 2. The van der Waals surface area contributed by atoms with Gasteiger partial charge in [-0.25, -0.2) is 4.68 Å². The van der Waals surface area contributed by atoms with Gasteiger partial charge in [0.05, 0.1) is 17.8 Å². The average Bonchev–Trinajstić information content (AvgIpc) is 2.64. The van der Waals surface area contributed by atoms with E-state index in [9.17, 15) is 4.79 Å². The van der Waals surface area contributed by atoms with Crippen molar-refractivity contribution in [3.63, 3.8) is 0 Å². The summed E-state index contributed by atoms with van der Waals surface area (Å²) >= 11 is 0. The van der Waals surface area contributed by atoms with E-state index in [1.54, 1.807) is 0 Å². The Balaban J connectivity index is 2.30. The summed E-state index contributed by atoms with van der Waals surface area (Å²) in [6, 6.07) is 7.51. The van der Waals surface area contributed by atoms with Gasteiger partial charge in [-0.05, 0) is 52.8 Å². The van der Waals surface area contributed by atoms with E-state index in [1.165, 1.54) is 0 Å². The predicted molar refractivity (Wildman–Crippen MR) is 87.0 cm³/mol. The van der Waals surface area contributed by atoms with Crippen LogP contribution in [-0.4, -0.2) is 21.4 Å². The molecule has 0 saturated heterocycles. The number of aromatic nitrogens is 2. The third-order valence-corrected chi connectivity index (χ3v) is 3.30. The van der Waals surface area contributed by atoms with E-state index >= 15 is 0 Å². The summed E-state index contributed by atoms with van der Waals surface area (Å²) in [5.41, 5.74) is 9.56. The van der Waals surface area contributed by atoms with Crippen LogP contribution in [-0.2, 0) is 16.0 Å². The minimum absolute atomic E-state index is 0.219. The van der Waals surface area contributed by atoms with Gasteiger partial charge in [-0.2, -0.15) is 5.10 Å². The van der Waals surface area contributed by atoms with Crippen molar-refractivity contribution >= 4 is 11.7 Å². The molecule has 0 saturated carbocycles. The zero-order chi connectivity index (χ0) is 16.5. The Morgan fingerprint density at radius 1 is 1.32 bits per heavy atom. The van der Waals surface area contributed by atoms with Crippen LogP contribution in [0.4, 0.5) is 5.69 Å². The van der Waals surface area contributed by atoms with Gasteiger partial charge < -0.3 is 10.5 Å². The number of nitrogens with two attached hydrogens (primary N) is 1. The molecular formula is C17H23N3O2. The number of ether oxygens (including phenoxy) is 1. The largest absolute Gasteiger partial charge is 0.460 e. The number of carbonyl (C=O) groups excluding carboxylic acids is 1. The van der Waals surface area contributed by atoms with E-state index < -0.39 is 5.60 Å². The Kier molecular flexibility index (Phi) is 4.26. The van der Waals surface area contributed by atoms with Crippen molar-refractivity contribution in [3.05, 3.63) is 41.2 Å². The number of hydrogen-bond acceptors (Lipinski definition) is 4. The Bertz CT molecular complexity index is 696. The molecule has 2 N–H and O–H groups in total. The van der Waals surface area contributed by atoms with Crippen molar-refractivity contribution in [3.8, 4) is 5.69 Å². The predicted octanol–water partition coefficient (Wildman–Crippen LogP) is 2.96. The summed E-state index contributed by atoms with van der Waals surface area (Å²) in [6.45, 7) is 9.43. The standard InChI is InChI=1S/C17H23N3O2/c1-11-15(10-16(21)22-17(3,4)5)12(2)20(19-11)14-8-6-7-13(18)9-14/h6-9H,10,18H2,1-5H3. The lowest BCUT2D eigenvalue weighted by molar-refractivity contribution is -0.153. The molecule has 0 unspecified atom stereocenters. The van der Waals surface area contributed by atoms with Gasteiger partial charge in [0.15, 0.2) is 0 Å². The molecule has 0 bridgehead atoms. The molecule has 2 rings (SSSR count). The SMILES string of the molecule is Cc1nn(-c2cccc(N)c2)c(C)c1CC(=O)OC(C)(C)C. The number of aryl methyl sites for hydroxylation is 1. The van der Waals surface area contributed by atoms with Gasteiger partial charge >= 0.3 is 5.97 Å². The Labute approximate surface area is 131 Å². The van der Waals surface area contributed by atoms with Crippen LogP contribution in [0.3, 0.4) is 0 Å². The van der Waals surface area contributed by atoms with E-state index in [1.807, 2.05) is 63.6 Å². The maximum Gasteiger partial charge on any atom is 0.310 e. The minimum atomic E-state index is -0.483. The Morgan fingerprint density at radius 3 is 2.59 bits per heavy atom. The van der Waals surface area contributed by atoms with Crippen molar-refractivity contribution in [2.45, 2.75) is 46.6 Å². The molecule has 0 amide bonds. The molecule has 0 atom stereocenters. The van der Waals surface area contributed by atoms with Gasteiger partial charge in [0.2, 0.25) is 0 Å². The molecule has 1 aromatic carbocycles. The molecule has 22 heavy (non-hydrogen) atoms. The third-order valence-electron chi connectivity index (χ3n) is 3.30. The highest BCUT2D eigenvalue weighted by molar-refractivity contribution is 5.73. The number of anilines is 1. The van der Waals surface area contributed by atoms with Crippen molar-refractivity contribution in [2.75, 3.05) is 5.73 Å². The van der Waals surface area contributed by atoms with Crippen LogP contribution in [0.5, 0.6) is 0 Å². The summed E-state index contributed by atoms with van der Waals surface area (Å²) in [4.78, 5) is 12.1. The number of nitrogen functional groups attached to an aromatic ring is 1. The van der Waals surface area contributed by atoms with Gasteiger partial charge in [0.25, 0.3) is 0 Å². The van der Waals surface area contributed by atoms with Gasteiger partial charge in [0, 0.05) is 16.9 Å². The quantitative estimate of drug-likeness (QED) is 0.699. The van der Waals surface area contributed by atoms with Crippen LogP contribution in [0.1, 0.15) is 37.7 Å². The molecule has 118 valence electrons. The first-order valence-electron chi connectivity index (χ1n) is 7.30. The molecule has 1 aromatic heterocycles. The lowest BCUT2D eigenvalue weighted by Crippen LogP contribution is -2.25. The summed E-state index contributed by atoms with van der Waals surface area (Å²) in [7, 11) is 0. The van der Waals surface area contributed by atoms with Crippen molar-refractivity contribution in [1.29, 1.82) is 0 Å². The maximum absolute atomic E-state index is 12.1. The summed E-state index contributed by atoms with van der Waals surface area (Å²) < 4.78 is 7.20. The Morgan fingerprint density at radius 2 is 2.00 bits per heavy atom. The highest BCUT2D eigenvalue weighted by Crippen LogP contribution is 2.21. The topological polar surface area (TPSA) is 70.1 Å². The van der Waals surface area contributed by atoms with E-state index in [2.05, 4.69) is 5.10 Å². The van der Waals surface area contributed by atoms with Crippen molar-refractivity contribution < 1.29 is 9.53 Å². The molecular weight excluding hydrogens is 278 g/mol. The van der Waals surface area contributed by atoms with Crippen LogP contribution in [0, 0.1) is 13.8 Å². The van der Waals surface area contributed by atoms with E-state index in [0.717, 1.165) is 22.6 Å². The summed E-state index contributed by atoms with van der Waals surface area (Å²) in [5.74, 6) is -0.245. The Hall–Kier alpha value is -2.30. The zero-order valence-electron chi connectivity index (χ0n) is 13.8. The molecule has 0 aliphatic heterocycles. The van der Waals surface area contributed by atoms with E-state index in [-0.39, 0.29) is 12.4 Å². The van der Waals surface area contributed by atoms with Gasteiger partial charge in [-0.3, -0.25) is 4.79 Å². The molecule has 0 fully saturated rings. The van der Waals surface area contributed by atoms with Gasteiger partial charge in [-0.1, -0.05) is 6.07 Å². The fraction of sp³-hybridized carbons (Fsp3) is 0.412. The first kappa shape index (κ1) is 16.1. The highest BCUT2D eigenvalue weighted by atomic mass is 16.6. The van der Waals surface area contributed by atoms with Crippen LogP contribution < -0.4 is 5.73 Å². The molecule has 0 aliphatic carbocycles. The average molecular weight is 301 g/mol. The summed E-state index contributed by atoms with van der Waals surface area (Å²) in [5, 5.41) is 4.52. The molecule has 0 radical (unpaired) electrons. The number of benzene rings is 1. The minimum Gasteiger partial charge on any atom is -0.460 e. The maximum atomic E-state index is 12.1. The third kappa shape index (κ3) is 3.67. The van der Waals surface area contributed by atoms with Crippen molar-refractivity contribution in [2.24, 2.45) is 0 Å². The molecule has 5 heteroatoms. The van der Waals surface area contributed by atoms with Crippen LogP contribution >= 0.6 is 0 Å². The molecule has 5 nitrogen and oxygen atoms in total. The number of hydrogen-bond donors (Lipinski definition) is 1. The fourth-order valence-electron chi connectivity index (χ4n) is 2.36. The molecule has 1 heterocycles. The van der Waals surface area contributed by atoms with Crippen LogP contribution in [0.25, 0.3) is 5.69 Å². The second-order valence-electron chi connectivity index (χ2n) is 6.42. The van der Waals surface area contributed by atoms with E-state index in [4.69, 9.17) is 10.5 Å². The summed E-state index contributed by atoms with van der Waals surface area (Å²) in [6.07, 6.45) is 0.219. The van der Waals surface area contributed by atoms with Crippen LogP contribution in [0.2, 0.25) is 0 Å². The number of carbonyl (C=O) groups is 1. The fourth-order valence-corrected chi connectivity index (χ4v) is 2.36. The number of esters is 1. The smallest absolute Gasteiger partial charge is 0.310 e. The number of rotatable bonds is 3. The van der Waals surface area contributed by atoms with Crippen LogP contribution in [0.15, 0.2) is 24.3 Å². The molecule has 0 spiro atoms. The van der Waals surface area contributed by atoms with Crippen molar-refractivity contribution in [1.82, 2.24) is 9.78 Å². The molecule has 0 aliphatic rings. The second kappa shape index (κ2) is 5.83. The van der Waals surface area contributed by atoms with Gasteiger partial charge in [-0.15, -0.1) is 0 Å². The first-order chi connectivity index (χ1) is 10.2. The van der Waals surface area contributed by atoms with Gasteiger partial charge in [0.1, 0.15) is 5.60 Å². The second-order valence-corrected chi connectivity index (χ2v) is 6.42. The monoisotopic (exact) mass is 301 g/mol. The normalized spacial score (nSPS) is 11.5. The van der Waals surface area contributed by atoms with E-state index in [0.29, 0.717) is 5.69 Å². The lowest BCUT2D eigenvalue weighted by Gasteiger charge is -2.19. The molecule has 2 aromatic rings.